The van der Waals surface area contributed by atoms with Gasteiger partial charge in [0.15, 0.2) is 11.5 Å². The Balaban J connectivity index is 1.53. The van der Waals surface area contributed by atoms with Crippen molar-refractivity contribution in [2.45, 2.75) is 0 Å². The number of benzene rings is 2. The third kappa shape index (κ3) is 2.93. The van der Waals surface area contributed by atoms with Crippen LogP contribution in [0, 0.1) is 0 Å². The van der Waals surface area contributed by atoms with E-state index in [0.717, 1.165) is 16.8 Å². The van der Waals surface area contributed by atoms with Crippen molar-refractivity contribution in [2.24, 2.45) is 0 Å². The number of carbonyl (C=O) groups excluding carboxylic acids is 1. The second-order valence-corrected chi connectivity index (χ2v) is 7.19. The van der Waals surface area contributed by atoms with E-state index in [1.54, 1.807) is 12.1 Å². The molecule has 1 aliphatic rings. The quantitative estimate of drug-likeness (QED) is 0.524. The first-order chi connectivity index (χ1) is 13.8. The van der Waals surface area contributed by atoms with Gasteiger partial charge in [-0.05, 0) is 29.8 Å². The second kappa shape index (κ2) is 6.90. The highest BCUT2D eigenvalue weighted by Gasteiger charge is 2.21. The molecule has 5 rings (SSSR count). The van der Waals surface area contributed by atoms with Crippen LogP contribution in [0.3, 0.4) is 0 Å². The van der Waals surface area contributed by atoms with E-state index in [1.165, 1.54) is 11.3 Å². The van der Waals surface area contributed by atoms with Gasteiger partial charge in [-0.3, -0.25) is 4.79 Å². The molecule has 138 valence electrons. The normalized spacial score (nSPS) is 12.1. The van der Waals surface area contributed by atoms with Gasteiger partial charge < -0.3 is 19.4 Å². The zero-order chi connectivity index (χ0) is 18.9. The third-order valence-corrected chi connectivity index (χ3v) is 5.52. The molecular formula is C22H16N2O3S. The van der Waals surface area contributed by atoms with Gasteiger partial charge >= 0.3 is 0 Å². The maximum Gasteiger partial charge on any atom is 0.267 e. The van der Waals surface area contributed by atoms with E-state index in [1.807, 2.05) is 58.7 Å². The van der Waals surface area contributed by atoms with Gasteiger partial charge in [-0.15, -0.1) is 11.3 Å². The van der Waals surface area contributed by atoms with E-state index in [9.17, 15) is 4.79 Å². The van der Waals surface area contributed by atoms with Crippen molar-refractivity contribution < 1.29 is 14.3 Å². The highest BCUT2D eigenvalue weighted by atomic mass is 32.1. The molecule has 4 aromatic rings. The van der Waals surface area contributed by atoms with Crippen molar-refractivity contribution in [1.82, 2.24) is 4.57 Å². The van der Waals surface area contributed by atoms with Gasteiger partial charge in [0.25, 0.3) is 5.91 Å². The second-order valence-electron chi connectivity index (χ2n) is 6.31. The molecule has 0 bridgehead atoms. The summed E-state index contributed by atoms with van der Waals surface area (Å²) in [6.07, 6.45) is 3.90. The van der Waals surface area contributed by atoms with Crippen molar-refractivity contribution in [3.05, 3.63) is 83.3 Å². The first kappa shape index (κ1) is 16.6. The number of amides is 1. The zero-order valence-corrected chi connectivity index (χ0v) is 15.6. The molecule has 1 amide bonds. The molecule has 0 aliphatic carbocycles. The van der Waals surface area contributed by atoms with Crippen LogP contribution in [-0.2, 0) is 0 Å². The predicted octanol–water partition coefficient (Wildman–Crippen LogP) is 5.19. The van der Waals surface area contributed by atoms with Crippen molar-refractivity contribution >= 4 is 22.9 Å². The van der Waals surface area contributed by atoms with Crippen LogP contribution in [-0.4, -0.2) is 17.3 Å². The van der Waals surface area contributed by atoms with Crippen LogP contribution in [0.2, 0.25) is 0 Å². The van der Waals surface area contributed by atoms with Crippen molar-refractivity contribution in [3.63, 3.8) is 0 Å². The molecule has 0 saturated carbocycles. The van der Waals surface area contributed by atoms with E-state index in [2.05, 4.69) is 17.4 Å². The van der Waals surface area contributed by atoms with Crippen LogP contribution in [0.1, 0.15) is 9.67 Å². The summed E-state index contributed by atoms with van der Waals surface area (Å²) in [4.78, 5) is 13.7. The molecule has 0 spiro atoms. The molecule has 6 heteroatoms. The topological polar surface area (TPSA) is 52.5 Å². The molecule has 0 unspecified atom stereocenters. The summed E-state index contributed by atoms with van der Waals surface area (Å²) in [6, 6.07) is 19.4. The fourth-order valence-corrected chi connectivity index (χ4v) is 4.21. The minimum atomic E-state index is -0.158. The van der Waals surface area contributed by atoms with Crippen LogP contribution in [0.25, 0.3) is 16.8 Å². The number of ether oxygens (including phenoxy) is 2. The lowest BCUT2D eigenvalue weighted by Crippen LogP contribution is -2.12. The number of fused-ring (bicyclic) bond motifs is 1. The zero-order valence-electron chi connectivity index (χ0n) is 14.8. The van der Waals surface area contributed by atoms with Crippen LogP contribution in [0.4, 0.5) is 5.69 Å². The van der Waals surface area contributed by atoms with Gasteiger partial charge in [-0.1, -0.05) is 30.3 Å². The van der Waals surface area contributed by atoms with Gasteiger partial charge in [0.2, 0.25) is 6.79 Å². The molecule has 1 aliphatic heterocycles. The minimum Gasteiger partial charge on any atom is -0.454 e. The summed E-state index contributed by atoms with van der Waals surface area (Å²) >= 11 is 1.43. The maximum atomic E-state index is 13.1. The molecule has 0 atom stereocenters. The molecule has 2 aromatic heterocycles. The Bertz CT molecular complexity index is 1130. The molecule has 0 saturated heterocycles. The number of hydrogen-bond donors (Lipinski definition) is 1. The Morgan fingerprint density at radius 3 is 2.57 bits per heavy atom. The molecule has 0 radical (unpaired) electrons. The number of hydrogen-bond acceptors (Lipinski definition) is 4. The van der Waals surface area contributed by atoms with E-state index in [-0.39, 0.29) is 12.7 Å². The summed E-state index contributed by atoms with van der Waals surface area (Å²) in [7, 11) is 0. The van der Waals surface area contributed by atoms with Gasteiger partial charge in [-0.25, -0.2) is 0 Å². The lowest BCUT2D eigenvalue weighted by atomic mass is 10.1. The number of aromatic nitrogens is 1. The van der Waals surface area contributed by atoms with Crippen LogP contribution >= 0.6 is 11.3 Å². The number of rotatable bonds is 4. The predicted molar refractivity (Wildman–Crippen MR) is 110 cm³/mol. The summed E-state index contributed by atoms with van der Waals surface area (Å²) < 4.78 is 12.7. The average Bonchev–Trinajstić information content (AvgIpc) is 3.47. The summed E-state index contributed by atoms with van der Waals surface area (Å²) in [5, 5.41) is 5.00. The Morgan fingerprint density at radius 2 is 1.75 bits per heavy atom. The van der Waals surface area contributed by atoms with Crippen molar-refractivity contribution in [1.29, 1.82) is 0 Å². The summed E-state index contributed by atoms with van der Waals surface area (Å²) in [6.45, 7) is 0.204. The van der Waals surface area contributed by atoms with E-state index < -0.39 is 0 Å². The van der Waals surface area contributed by atoms with Crippen LogP contribution in [0.15, 0.2) is 78.4 Å². The Labute approximate surface area is 165 Å². The largest absolute Gasteiger partial charge is 0.454 e. The van der Waals surface area contributed by atoms with Crippen LogP contribution in [0.5, 0.6) is 11.5 Å². The first-order valence-electron chi connectivity index (χ1n) is 8.81. The standard InChI is InChI=1S/C22H16N2O3S/c25-22(23-16-8-9-18-19(12-16)27-14-26-18)21-20(24-10-4-5-11-24)17(13-28-21)15-6-2-1-3-7-15/h1-13H,14H2,(H,23,25). The summed E-state index contributed by atoms with van der Waals surface area (Å²) in [5.74, 6) is 1.17. The van der Waals surface area contributed by atoms with E-state index in [0.29, 0.717) is 22.1 Å². The lowest BCUT2D eigenvalue weighted by Gasteiger charge is -2.10. The average molecular weight is 388 g/mol. The van der Waals surface area contributed by atoms with Crippen molar-refractivity contribution in [2.75, 3.05) is 12.1 Å². The van der Waals surface area contributed by atoms with Gasteiger partial charge in [0.05, 0.1) is 5.69 Å². The van der Waals surface area contributed by atoms with E-state index >= 15 is 0 Å². The number of anilines is 1. The monoisotopic (exact) mass is 388 g/mol. The highest BCUT2D eigenvalue weighted by Crippen LogP contribution is 2.37. The maximum absolute atomic E-state index is 13.1. The number of nitrogens with one attached hydrogen (secondary N) is 1. The number of nitrogens with zero attached hydrogens (tertiary/aromatic N) is 1. The smallest absolute Gasteiger partial charge is 0.267 e. The summed E-state index contributed by atoms with van der Waals surface area (Å²) in [5.41, 5.74) is 3.64. The minimum absolute atomic E-state index is 0.158. The molecular weight excluding hydrogens is 372 g/mol. The highest BCUT2D eigenvalue weighted by molar-refractivity contribution is 7.13. The van der Waals surface area contributed by atoms with Gasteiger partial charge in [-0.2, -0.15) is 0 Å². The first-order valence-corrected chi connectivity index (χ1v) is 9.69. The SMILES string of the molecule is O=C(Nc1ccc2c(c1)OCO2)c1scc(-c2ccccc2)c1-n1cccc1. The molecule has 28 heavy (non-hydrogen) atoms. The van der Waals surface area contributed by atoms with Crippen LogP contribution < -0.4 is 14.8 Å². The fraction of sp³-hybridized carbons (Fsp3) is 0.0455. The Kier molecular flexibility index (Phi) is 4.10. The Hall–Kier alpha value is -3.51. The molecule has 5 nitrogen and oxygen atoms in total. The van der Waals surface area contributed by atoms with Crippen molar-refractivity contribution in [3.8, 4) is 28.3 Å². The molecule has 3 heterocycles. The van der Waals surface area contributed by atoms with Gasteiger partial charge in [0.1, 0.15) is 4.88 Å². The lowest BCUT2D eigenvalue weighted by molar-refractivity contribution is 0.103. The Morgan fingerprint density at radius 1 is 0.964 bits per heavy atom. The molecule has 1 N–H and O–H groups in total. The molecule has 0 fully saturated rings. The molecule has 2 aromatic carbocycles. The fourth-order valence-electron chi connectivity index (χ4n) is 3.24. The van der Waals surface area contributed by atoms with Gasteiger partial charge in [0, 0.05) is 35.1 Å². The number of carbonyl (C=O) groups is 1. The number of thiophene rings is 1. The third-order valence-electron chi connectivity index (χ3n) is 4.55. The van der Waals surface area contributed by atoms with E-state index in [4.69, 9.17) is 9.47 Å².